The Bertz CT molecular complexity index is 1160. The highest BCUT2D eigenvalue weighted by Gasteiger charge is 2.17. The van der Waals surface area contributed by atoms with Gasteiger partial charge in [0.15, 0.2) is 5.65 Å². The molecule has 10 heteroatoms. The van der Waals surface area contributed by atoms with Crippen LogP contribution >= 0.6 is 0 Å². The van der Waals surface area contributed by atoms with Crippen LogP contribution in [0, 0.1) is 0 Å². The van der Waals surface area contributed by atoms with Crippen molar-refractivity contribution < 1.29 is 14.1 Å². The molecular formula is C21H21N7O3. The van der Waals surface area contributed by atoms with Gasteiger partial charge in [0.2, 0.25) is 5.82 Å². The Labute approximate surface area is 177 Å². The maximum atomic E-state index is 12.3. The molecule has 0 bridgehead atoms. The van der Waals surface area contributed by atoms with Gasteiger partial charge in [0.05, 0.1) is 25.1 Å². The molecule has 0 aliphatic carbocycles. The molecular weight excluding hydrogens is 398 g/mol. The Morgan fingerprint density at radius 3 is 2.84 bits per heavy atom. The molecule has 31 heavy (non-hydrogen) atoms. The molecule has 1 amide bonds. The lowest BCUT2D eigenvalue weighted by Crippen LogP contribution is -2.41. The Morgan fingerprint density at radius 2 is 1.97 bits per heavy atom. The normalized spacial score (nSPS) is 14.7. The van der Waals surface area contributed by atoms with Gasteiger partial charge in [-0.25, -0.2) is 9.50 Å². The topological polar surface area (TPSA) is 111 Å². The van der Waals surface area contributed by atoms with Crippen molar-refractivity contribution in [2.75, 3.05) is 39.4 Å². The summed E-state index contributed by atoms with van der Waals surface area (Å²) in [5.74, 6) is -0.0871. The second-order valence-electron chi connectivity index (χ2n) is 7.17. The van der Waals surface area contributed by atoms with Crippen LogP contribution in [0.15, 0.2) is 53.3 Å². The van der Waals surface area contributed by atoms with Gasteiger partial charge in [-0.05, 0) is 18.2 Å². The summed E-state index contributed by atoms with van der Waals surface area (Å²) in [6.45, 7) is 4.47. The Kier molecular flexibility index (Phi) is 5.38. The van der Waals surface area contributed by atoms with Crippen LogP contribution in [0.2, 0.25) is 0 Å². The number of carbonyl (C=O) groups excluding carboxylic acids is 1. The minimum Gasteiger partial charge on any atom is -0.379 e. The number of nitrogens with zero attached hydrogens (tertiary/aromatic N) is 6. The van der Waals surface area contributed by atoms with Crippen molar-refractivity contribution in [3.8, 4) is 22.6 Å². The zero-order valence-electron chi connectivity index (χ0n) is 16.8. The fraction of sp³-hybridized carbons (Fsp3) is 0.286. The van der Waals surface area contributed by atoms with Crippen molar-refractivity contribution in [1.82, 2.24) is 35.0 Å². The Balaban J connectivity index is 1.27. The third kappa shape index (κ3) is 4.30. The van der Waals surface area contributed by atoms with Crippen molar-refractivity contribution in [2.24, 2.45) is 0 Å². The Hall–Kier alpha value is -3.63. The molecule has 1 fully saturated rings. The monoisotopic (exact) mass is 419 g/mol. The number of hydrogen-bond acceptors (Lipinski definition) is 8. The SMILES string of the molecule is O=C(NCCN1CCOCC1)c1nc(-c2cccc(-c3cn4ncccc4n3)c2)no1. The van der Waals surface area contributed by atoms with Gasteiger partial charge in [0.1, 0.15) is 0 Å². The molecule has 0 unspecified atom stereocenters. The molecule has 4 heterocycles. The van der Waals surface area contributed by atoms with Crippen molar-refractivity contribution in [2.45, 2.75) is 0 Å². The average molecular weight is 419 g/mol. The van der Waals surface area contributed by atoms with Crippen molar-refractivity contribution >= 4 is 11.6 Å². The molecule has 5 rings (SSSR count). The molecule has 158 valence electrons. The highest BCUT2D eigenvalue weighted by atomic mass is 16.5. The molecule has 4 aromatic rings. The van der Waals surface area contributed by atoms with Crippen LogP contribution in [0.3, 0.4) is 0 Å². The number of morpholine rings is 1. The molecule has 1 N–H and O–H groups in total. The summed E-state index contributed by atoms with van der Waals surface area (Å²) in [7, 11) is 0. The highest BCUT2D eigenvalue weighted by molar-refractivity contribution is 5.89. The molecule has 10 nitrogen and oxygen atoms in total. The van der Waals surface area contributed by atoms with Gasteiger partial charge in [0, 0.05) is 43.5 Å². The van der Waals surface area contributed by atoms with Gasteiger partial charge in [-0.3, -0.25) is 9.69 Å². The van der Waals surface area contributed by atoms with Crippen LogP contribution in [0.25, 0.3) is 28.3 Å². The molecule has 0 spiro atoms. The van der Waals surface area contributed by atoms with E-state index >= 15 is 0 Å². The number of imidazole rings is 1. The number of amides is 1. The Morgan fingerprint density at radius 1 is 1.10 bits per heavy atom. The summed E-state index contributed by atoms with van der Waals surface area (Å²) in [4.78, 5) is 23.4. The van der Waals surface area contributed by atoms with Crippen LogP contribution in [-0.4, -0.2) is 74.9 Å². The molecule has 1 saturated heterocycles. The fourth-order valence-corrected chi connectivity index (χ4v) is 3.45. The van der Waals surface area contributed by atoms with Crippen molar-refractivity contribution in [3.63, 3.8) is 0 Å². The van der Waals surface area contributed by atoms with Crippen LogP contribution < -0.4 is 5.32 Å². The molecule has 0 atom stereocenters. The average Bonchev–Trinajstić information content (AvgIpc) is 3.48. The molecule has 1 aliphatic heterocycles. The summed E-state index contributed by atoms with van der Waals surface area (Å²) in [5.41, 5.74) is 3.17. The number of aromatic nitrogens is 5. The van der Waals surface area contributed by atoms with E-state index in [1.807, 2.05) is 42.6 Å². The van der Waals surface area contributed by atoms with Gasteiger partial charge in [-0.15, -0.1) is 0 Å². The molecule has 1 aliphatic rings. The third-order valence-electron chi connectivity index (χ3n) is 5.09. The standard InChI is InChI=1S/C21H21N7O3/c29-20(22-7-8-27-9-11-30-12-10-27)21-25-19(26-31-21)16-4-1-3-15(13-16)17-14-28-18(24-17)5-2-6-23-28/h1-6,13-14H,7-12H2,(H,22,29). The van der Waals surface area contributed by atoms with Crippen LogP contribution in [-0.2, 0) is 4.74 Å². The predicted octanol–water partition coefficient (Wildman–Crippen LogP) is 1.51. The second-order valence-corrected chi connectivity index (χ2v) is 7.17. The second kappa shape index (κ2) is 8.62. The lowest BCUT2D eigenvalue weighted by Gasteiger charge is -2.26. The van der Waals surface area contributed by atoms with E-state index in [1.165, 1.54) is 0 Å². The number of rotatable bonds is 6. The maximum absolute atomic E-state index is 12.3. The van der Waals surface area contributed by atoms with E-state index in [1.54, 1.807) is 10.7 Å². The van der Waals surface area contributed by atoms with E-state index in [4.69, 9.17) is 9.26 Å². The third-order valence-corrected chi connectivity index (χ3v) is 5.09. The first-order valence-electron chi connectivity index (χ1n) is 10.1. The smallest absolute Gasteiger partial charge is 0.316 e. The maximum Gasteiger partial charge on any atom is 0.316 e. The predicted molar refractivity (Wildman–Crippen MR) is 111 cm³/mol. The van der Waals surface area contributed by atoms with E-state index in [0.29, 0.717) is 12.4 Å². The van der Waals surface area contributed by atoms with Gasteiger partial charge in [0.25, 0.3) is 0 Å². The number of fused-ring (bicyclic) bond motifs is 1. The number of hydrogen-bond donors (Lipinski definition) is 1. The van der Waals surface area contributed by atoms with E-state index in [-0.39, 0.29) is 11.8 Å². The van der Waals surface area contributed by atoms with Gasteiger partial charge in [-0.2, -0.15) is 10.1 Å². The van der Waals surface area contributed by atoms with Crippen LogP contribution in [0.4, 0.5) is 0 Å². The van der Waals surface area contributed by atoms with Crippen molar-refractivity contribution in [1.29, 1.82) is 0 Å². The van der Waals surface area contributed by atoms with Gasteiger partial charge >= 0.3 is 11.8 Å². The molecule has 0 saturated carbocycles. The number of carbonyl (C=O) groups is 1. The minimum atomic E-state index is -0.380. The van der Waals surface area contributed by atoms with Crippen LogP contribution in [0.5, 0.6) is 0 Å². The minimum absolute atomic E-state index is 0.0562. The first-order chi connectivity index (χ1) is 15.3. The quantitative estimate of drug-likeness (QED) is 0.501. The summed E-state index contributed by atoms with van der Waals surface area (Å²) in [6.07, 6.45) is 3.57. The lowest BCUT2D eigenvalue weighted by atomic mass is 10.1. The summed E-state index contributed by atoms with van der Waals surface area (Å²) in [5, 5.41) is 11.0. The van der Waals surface area contributed by atoms with E-state index in [2.05, 4.69) is 30.4 Å². The van der Waals surface area contributed by atoms with Gasteiger partial charge in [-0.1, -0.05) is 23.4 Å². The van der Waals surface area contributed by atoms with E-state index in [0.717, 1.165) is 55.3 Å². The summed E-state index contributed by atoms with van der Waals surface area (Å²) in [6, 6.07) is 11.3. The molecule has 0 radical (unpaired) electrons. The zero-order chi connectivity index (χ0) is 21.0. The first-order valence-corrected chi connectivity index (χ1v) is 10.1. The largest absolute Gasteiger partial charge is 0.379 e. The first kappa shape index (κ1) is 19.3. The lowest BCUT2D eigenvalue weighted by molar-refractivity contribution is 0.0382. The van der Waals surface area contributed by atoms with E-state index < -0.39 is 0 Å². The van der Waals surface area contributed by atoms with Crippen molar-refractivity contribution in [3.05, 3.63) is 54.7 Å². The van der Waals surface area contributed by atoms with Gasteiger partial charge < -0.3 is 14.6 Å². The molecule has 1 aromatic carbocycles. The zero-order valence-corrected chi connectivity index (χ0v) is 16.8. The van der Waals surface area contributed by atoms with E-state index in [9.17, 15) is 4.79 Å². The molecule has 3 aromatic heterocycles. The summed E-state index contributed by atoms with van der Waals surface area (Å²) >= 11 is 0. The van der Waals surface area contributed by atoms with Crippen LogP contribution in [0.1, 0.15) is 10.7 Å². The number of benzene rings is 1. The highest BCUT2D eigenvalue weighted by Crippen LogP contribution is 2.24. The number of ether oxygens (including phenoxy) is 1. The summed E-state index contributed by atoms with van der Waals surface area (Å²) < 4.78 is 12.2. The fourth-order valence-electron chi connectivity index (χ4n) is 3.45. The number of nitrogens with one attached hydrogen (secondary N) is 1.